The quantitative estimate of drug-likeness (QED) is 0.335. The molecular formula is C26H24N2O6. The molecule has 2 unspecified atom stereocenters. The Morgan fingerprint density at radius 3 is 2.41 bits per heavy atom. The topological polar surface area (TPSA) is 125 Å². The van der Waals surface area contributed by atoms with Crippen LogP contribution in [0.1, 0.15) is 35.1 Å². The van der Waals surface area contributed by atoms with Gasteiger partial charge in [0.15, 0.2) is 5.58 Å². The number of hydrogen-bond acceptors (Lipinski definition) is 6. The number of ether oxygens (including phenoxy) is 1. The molecule has 0 radical (unpaired) electrons. The van der Waals surface area contributed by atoms with Crippen LogP contribution in [0.3, 0.4) is 0 Å². The van der Waals surface area contributed by atoms with Crippen molar-refractivity contribution in [3.8, 4) is 11.1 Å². The SMILES string of the molecule is O=C(NCCC(O)C(O)c1ccc2[nH]c(=O)oc2c1)OCC1c2ccccc2-c2ccccc21. The summed E-state index contributed by atoms with van der Waals surface area (Å²) in [7, 11) is 0. The lowest BCUT2D eigenvalue weighted by atomic mass is 9.98. The van der Waals surface area contributed by atoms with Crippen LogP contribution in [0.5, 0.6) is 0 Å². The van der Waals surface area contributed by atoms with Crippen molar-refractivity contribution in [1.82, 2.24) is 10.3 Å². The Morgan fingerprint density at radius 2 is 1.71 bits per heavy atom. The van der Waals surface area contributed by atoms with Crippen LogP contribution in [-0.4, -0.2) is 40.5 Å². The second-order valence-corrected chi connectivity index (χ2v) is 8.32. The van der Waals surface area contributed by atoms with Gasteiger partial charge in [0.1, 0.15) is 12.7 Å². The van der Waals surface area contributed by atoms with Gasteiger partial charge in [0.2, 0.25) is 0 Å². The summed E-state index contributed by atoms with van der Waals surface area (Å²) in [6.45, 7) is 0.323. The molecule has 4 aromatic rings. The number of aliphatic hydroxyl groups is 2. The highest BCUT2D eigenvalue weighted by Crippen LogP contribution is 2.44. The number of oxazole rings is 1. The van der Waals surface area contributed by atoms with Gasteiger partial charge in [-0.3, -0.25) is 4.98 Å². The highest BCUT2D eigenvalue weighted by Gasteiger charge is 2.29. The van der Waals surface area contributed by atoms with Crippen molar-refractivity contribution in [1.29, 1.82) is 0 Å². The van der Waals surface area contributed by atoms with E-state index in [0.29, 0.717) is 16.7 Å². The molecule has 1 heterocycles. The van der Waals surface area contributed by atoms with Gasteiger partial charge in [0.25, 0.3) is 0 Å². The van der Waals surface area contributed by atoms with Gasteiger partial charge in [0, 0.05) is 12.5 Å². The first-order chi connectivity index (χ1) is 16.5. The van der Waals surface area contributed by atoms with Crippen LogP contribution in [0.2, 0.25) is 0 Å². The molecule has 2 atom stereocenters. The van der Waals surface area contributed by atoms with Crippen molar-refractivity contribution >= 4 is 17.2 Å². The summed E-state index contributed by atoms with van der Waals surface area (Å²) in [6, 6.07) is 20.9. The second kappa shape index (κ2) is 9.17. The maximum Gasteiger partial charge on any atom is 0.417 e. The number of aromatic amines is 1. The van der Waals surface area contributed by atoms with Crippen LogP contribution in [0.15, 0.2) is 75.9 Å². The van der Waals surface area contributed by atoms with E-state index in [1.54, 1.807) is 12.1 Å². The third-order valence-corrected chi connectivity index (χ3v) is 6.20. The predicted octanol–water partition coefficient (Wildman–Crippen LogP) is 3.44. The maximum absolute atomic E-state index is 12.3. The van der Waals surface area contributed by atoms with Gasteiger partial charge in [-0.15, -0.1) is 0 Å². The standard InChI is InChI=1S/C26H24N2O6/c29-22(24(30)15-9-10-21-23(13-15)34-26(32)28-21)11-12-27-25(31)33-14-20-18-7-3-1-5-16(18)17-6-2-4-8-19(17)20/h1-10,13,20,22,24,29-30H,11-12,14H2,(H,27,31)(H,28,32). The minimum atomic E-state index is -1.20. The summed E-state index contributed by atoms with van der Waals surface area (Å²) in [6.07, 6.45) is -2.80. The van der Waals surface area contributed by atoms with Gasteiger partial charge in [-0.05, 0) is 46.4 Å². The Bertz CT molecular complexity index is 1350. The lowest BCUT2D eigenvalue weighted by molar-refractivity contribution is 0.0137. The molecule has 174 valence electrons. The molecule has 8 nitrogen and oxygen atoms in total. The molecular weight excluding hydrogens is 436 g/mol. The smallest absolute Gasteiger partial charge is 0.417 e. The zero-order chi connectivity index (χ0) is 23.7. The Hall–Kier alpha value is -3.88. The number of rotatable bonds is 7. The van der Waals surface area contributed by atoms with Gasteiger partial charge in [-0.1, -0.05) is 54.6 Å². The lowest BCUT2D eigenvalue weighted by Crippen LogP contribution is -2.30. The predicted molar refractivity (Wildman–Crippen MR) is 125 cm³/mol. The minimum Gasteiger partial charge on any atom is -0.449 e. The van der Waals surface area contributed by atoms with E-state index in [1.807, 2.05) is 24.3 Å². The molecule has 1 aliphatic carbocycles. The third kappa shape index (κ3) is 4.21. The zero-order valence-electron chi connectivity index (χ0n) is 18.2. The number of benzene rings is 3. The highest BCUT2D eigenvalue weighted by molar-refractivity contribution is 5.79. The maximum atomic E-state index is 12.3. The molecule has 0 saturated heterocycles. The van der Waals surface area contributed by atoms with E-state index in [2.05, 4.69) is 34.6 Å². The van der Waals surface area contributed by atoms with Crippen LogP contribution >= 0.6 is 0 Å². The van der Waals surface area contributed by atoms with Gasteiger partial charge < -0.3 is 24.7 Å². The van der Waals surface area contributed by atoms with Crippen molar-refractivity contribution in [3.63, 3.8) is 0 Å². The number of carbonyl (C=O) groups is 1. The first-order valence-electron chi connectivity index (χ1n) is 11.1. The summed E-state index contributed by atoms with van der Waals surface area (Å²) in [5, 5.41) is 23.4. The fourth-order valence-electron chi connectivity index (χ4n) is 4.50. The molecule has 34 heavy (non-hydrogen) atoms. The van der Waals surface area contributed by atoms with Crippen LogP contribution < -0.4 is 11.1 Å². The molecule has 5 rings (SSSR count). The zero-order valence-corrected chi connectivity index (χ0v) is 18.2. The Labute approximate surface area is 194 Å². The summed E-state index contributed by atoms with van der Waals surface area (Å²) in [5.41, 5.74) is 5.78. The number of aromatic nitrogens is 1. The molecule has 0 bridgehead atoms. The molecule has 1 amide bonds. The van der Waals surface area contributed by atoms with Crippen molar-refractivity contribution in [3.05, 3.63) is 94.0 Å². The van der Waals surface area contributed by atoms with E-state index in [-0.39, 0.29) is 25.5 Å². The summed E-state index contributed by atoms with van der Waals surface area (Å²) in [4.78, 5) is 26.1. The number of hydrogen-bond donors (Lipinski definition) is 4. The third-order valence-electron chi connectivity index (χ3n) is 6.20. The Kier molecular flexibility index (Phi) is 5.91. The number of amides is 1. The van der Waals surface area contributed by atoms with Crippen LogP contribution in [-0.2, 0) is 4.74 Å². The van der Waals surface area contributed by atoms with E-state index in [1.165, 1.54) is 6.07 Å². The molecule has 8 heteroatoms. The van der Waals surface area contributed by atoms with Gasteiger partial charge >= 0.3 is 11.8 Å². The van der Waals surface area contributed by atoms with E-state index in [9.17, 15) is 19.8 Å². The molecule has 4 N–H and O–H groups in total. The highest BCUT2D eigenvalue weighted by atomic mass is 16.5. The molecule has 0 saturated carbocycles. The number of alkyl carbamates (subject to hydrolysis) is 1. The number of H-pyrrole nitrogens is 1. The largest absolute Gasteiger partial charge is 0.449 e. The first kappa shape index (κ1) is 21.9. The Balaban J connectivity index is 1.14. The van der Waals surface area contributed by atoms with Crippen molar-refractivity contribution in [2.75, 3.05) is 13.2 Å². The van der Waals surface area contributed by atoms with E-state index >= 15 is 0 Å². The summed E-state index contributed by atoms with van der Waals surface area (Å²) < 4.78 is 10.5. The lowest BCUT2D eigenvalue weighted by Gasteiger charge is -2.18. The van der Waals surface area contributed by atoms with E-state index in [0.717, 1.165) is 22.3 Å². The number of aliphatic hydroxyl groups excluding tert-OH is 2. The number of fused-ring (bicyclic) bond motifs is 4. The van der Waals surface area contributed by atoms with Crippen molar-refractivity contribution < 1.29 is 24.2 Å². The van der Waals surface area contributed by atoms with Crippen LogP contribution in [0, 0.1) is 0 Å². The van der Waals surface area contributed by atoms with Gasteiger partial charge in [-0.2, -0.15) is 0 Å². The monoisotopic (exact) mass is 460 g/mol. The average Bonchev–Trinajstić information content (AvgIpc) is 3.38. The van der Waals surface area contributed by atoms with Crippen molar-refractivity contribution in [2.45, 2.75) is 24.5 Å². The second-order valence-electron chi connectivity index (χ2n) is 8.32. The fraction of sp³-hybridized carbons (Fsp3) is 0.231. The molecule has 0 spiro atoms. The molecule has 1 aromatic heterocycles. The van der Waals surface area contributed by atoms with Gasteiger partial charge in [-0.25, -0.2) is 9.59 Å². The van der Waals surface area contributed by atoms with E-state index in [4.69, 9.17) is 9.15 Å². The Morgan fingerprint density at radius 1 is 1.03 bits per heavy atom. The number of nitrogens with one attached hydrogen (secondary N) is 2. The molecule has 1 aliphatic rings. The molecule has 0 fully saturated rings. The van der Waals surface area contributed by atoms with Crippen molar-refractivity contribution in [2.24, 2.45) is 0 Å². The normalized spacial score (nSPS) is 14.4. The molecule has 3 aromatic carbocycles. The first-order valence-corrected chi connectivity index (χ1v) is 11.1. The average molecular weight is 460 g/mol. The van der Waals surface area contributed by atoms with E-state index < -0.39 is 24.1 Å². The van der Waals surface area contributed by atoms with Crippen LogP contribution in [0.25, 0.3) is 22.2 Å². The number of carbonyl (C=O) groups excluding carboxylic acids is 1. The van der Waals surface area contributed by atoms with Gasteiger partial charge in [0.05, 0.1) is 11.6 Å². The minimum absolute atomic E-state index is 0.0334. The summed E-state index contributed by atoms with van der Waals surface area (Å²) >= 11 is 0. The fourth-order valence-corrected chi connectivity index (χ4v) is 4.50. The van der Waals surface area contributed by atoms with Crippen LogP contribution in [0.4, 0.5) is 4.79 Å². The summed E-state index contributed by atoms with van der Waals surface area (Å²) in [5.74, 6) is -0.622. The molecule has 0 aliphatic heterocycles.